The van der Waals surface area contributed by atoms with Gasteiger partial charge in [-0.25, -0.2) is 0 Å². The van der Waals surface area contributed by atoms with Crippen LogP contribution in [0.4, 0.5) is 4.70 Å². The molecule has 0 aromatic heterocycles. The zero-order valence-electron chi connectivity index (χ0n) is 3.32. The first-order valence-corrected chi connectivity index (χ1v) is 0. The topological polar surface area (TPSA) is 66.5 Å². The maximum atomic E-state index is 0. The summed E-state index contributed by atoms with van der Waals surface area (Å²) in [7, 11) is 0. The van der Waals surface area contributed by atoms with Gasteiger partial charge in [-0.15, -0.1) is 0 Å². The zero-order valence-corrected chi connectivity index (χ0v) is 8.76. The average molecular weight is 274 g/mol. The molecule has 0 aromatic carbocycles. The molecule has 0 rings (SSSR count). The van der Waals surface area contributed by atoms with E-state index in [4.69, 9.17) is 0 Å². The predicted molar refractivity (Wildman–Crippen MR) is 38.9 cm³/mol. The van der Waals surface area contributed by atoms with E-state index in [0.29, 0.717) is 0 Å². The maximum absolute atomic E-state index is 0. The minimum atomic E-state index is 0. The van der Waals surface area contributed by atoms with Crippen LogP contribution in [0.25, 0.3) is 0 Å². The first-order chi connectivity index (χ1) is 0. The van der Waals surface area contributed by atoms with Gasteiger partial charge in [-0.3, -0.25) is 4.70 Å². The minimum Gasteiger partial charge on any atom is -0.412 e. The molecule has 8 heavy (non-hydrogen) atoms. The molecule has 5 N–H and O–H groups in total. The average Bonchev–Trinajstić information content (AvgIpc) is 0. The third kappa shape index (κ3) is 79.5. The van der Waals surface area contributed by atoms with Gasteiger partial charge >= 0.3 is 0 Å². The standard InChI is InChI=1S/CH4.Al.FH.H3N.H2O.H3P.Ti.Zr.3H/h1H4;;1H;1H3;1H2;1H3;;;;;. The van der Waals surface area contributed by atoms with Crippen LogP contribution in [0.1, 0.15) is 7.43 Å². The Bertz CT molecular complexity index is 24.0. The molecular formula is CH16AlFNOPTiZr. The Hall–Kier alpha value is 2.41. The third-order valence-electron chi connectivity index (χ3n) is 0. The molecule has 0 fully saturated rings. The SMILES string of the molecule is C.F.N.O.P.[AlH3].[Ti].[Zr]. The molecule has 1 unspecified atom stereocenters. The molecule has 0 bridgehead atoms. The number of hydrogen-bond donors (Lipinski definition) is 1. The minimum absolute atomic E-state index is 0. The van der Waals surface area contributed by atoms with E-state index >= 15 is 0 Å². The summed E-state index contributed by atoms with van der Waals surface area (Å²) in [5.41, 5.74) is 0. The monoisotopic (exact) mass is 273 g/mol. The van der Waals surface area contributed by atoms with E-state index in [-0.39, 0.29) is 98.9 Å². The normalized spacial score (nSPS) is 0. The van der Waals surface area contributed by atoms with Gasteiger partial charge in [-0.1, -0.05) is 7.43 Å². The summed E-state index contributed by atoms with van der Waals surface area (Å²) < 4.78 is 0. The van der Waals surface area contributed by atoms with Gasteiger partial charge in [0.2, 0.25) is 0 Å². The van der Waals surface area contributed by atoms with Gasteiger partial charge in [0.25, 0.3) is 0 Å². The summed E-state index contributed by atoms with van der Waals surface area (Å²) in [4.78, 5) is 0. The molecule has 7 heteroatoms. The van der Waals surface area contributed by atoms with E-state index in [1.165, 1.54) is 0 Å². The van der Waals surface area contributed by atoms with Crippen molar-refractivity contribution in [3.63, 3.8) is 0 Å². The van der Waals surface area contributed by atoms with Crippen molar-refractivity contribution >= 4 is 27.3 Å². The molecule has 0 heterocycles. The number of hydrogen-bond acceptors (Lipinski definition) is 1. The summed E-state index contributed by atoms with van der Waals surface area (Å²) in [5, 5.41) is 0. The van der Waals surface area contributed by atoms with Gasteiger partial charge in [-0.05, 0) is 0 Å². The molecule has 2 nitrogen and oxygen atoms in total. The summed E-state index contributed by atoms with van der Waals surface area (Å²) in [6.45, 7) is 0. The molecule has 0 spiro atoms. The molecule has 0 saturated carbocycles. The van der Waals surface area contributed by atoms with Gasteiger partial charge < -0.3 is 11.6 Å². The molecule has 0 saturated heterocycles. The largest absolute Gasteiger partial charge is 0.412 e. The Morgan fingerprint density at radius 1 is 1.00 bits per heavy atom. The smallest absolute Gasteiger partial charge is 0.187 e. The molecule has 0 amide bonds. The van der Waals surface area contributed by atoms with Crippen LogP contribution < -0.4 is 6.15 Å². The molecule has 0 aromatic rings. The fraction of sp³-hybridized carbons (Fsp3) is 1.00. The fourth-order valence-electron chi connectivity index (χ4n) is 0. The van der Waals surface area contributed by atoms with Crippen LogP contribution in [0, 0.1) is 0 Å². The van der Waals surface area contributed by atoms with Crippen LogP contribution in [0.2, 0.25) is 0 Å². The Morgan fingerprint density at radius 3 is 1.00 bits per heavy atom. The summed E-state index contributed by atoms with van der Waals surface area (Å²) >= 11 is 0. The van der Waals surface area contributed by atoms with Crippen molar-refractivity contribution in [2.45, 2.75) is 7.43 Å². The van der Waals surface area contributed by atoms with Crippen molar-refractivity contribution in [2.75, 3.05) is 0 Å². The first kappa shape index (κ1) is 159. The van der Waals surface area contributed by atoms with E-state index in [1.807, 2.05) is 0 Å². The van der Waals surface area contributed by atoms with Crippen molar-refractivity contribution in [3.05, 3.63) is 0 Å². The molecular weight excluding hydrogens is 258 g/mol. The Balaban J connectivity index is 0. The number of halogens is 1. The number of rotatable bonds is 0. The maximum Gasteiger partial charge on any atom is 0.187 e. The van der Waals surface area contributed by atoms with Gasteiger partial charge in [0.05, 0.1) is 0 Å². The van der Waals surface area contributed by atoms with Crippen molar-refractivity contribution in [1.29, 1.82) is 0 Å². The molecule has 1 atom stereocenters. The van der Waals surface area contributed by atoms with Crippen LogP contribution in [0.3, 0.4) is 0 Å². The van der Waals surface area contributed by atoms with Crippen LogP contribution in [0.15, 0.2) is 0 Å². The van der Waals surface area contributed by atoms with Crippen molar-refractivity contribution in [3.8, 4) is 0 Å². The second-order valence-corrected chi connectivity index (χ2v) is 0. The molecule has 0 aliphatic rings. The molecule has 0 radical (unpaired) electrons. The Morgan fingerprint density at radius 2 is 1.00 bits per heavy atom. The van der Waals surface area contributed by atoms with Crippen molar-refractivity contribution in [1.82, 2.24) is 6.15 Å². The second kappa shape index (κ2) is 115. The first-order valence-electron chi connectivity index (χ1n) is 0. The van der Waals surface area contributed by atoms with Crippen LogP contribution >= 0.6 is 9.90 Å². The van der Waals surface area contributed by atoms with Crippen LogP contribution in [-0.2, 0) is 47.9 Å². The Kier molecular flexibility index (Phi) is 2270. The van der Waals surface area contributed by atoms with E-state index in [2.05, 4.69) is 0 Å². The van der Waals surface area contributed by atoms with E-state index < -0.39 is 0 Å². The van der Waals surface area contributed by atoms with Gasteiger partial charge in [-0.2, -0.15) is 9.90 Å². The van der Waals surface area contributed by atoms with E-state index in [0.717, 1.165) is 0 Å². The molecule has 54 valence electrons. The molecule has 0 aliphatic carbocycles. The fourth-order valence-corrected chi connectivity index (χ4v) is 0. The zero-order chi connectivity index (χ0) is 0. The molecule has 0 aliphatic heterocycles. The van der Waals surface area contributed by atoms with E-state index in [9.17, 15) is 0 Å². The van der Waals surface area contributed by atoms with Crippen molar-refractivity contribution < 1.29 is 58.1 Å². The third-order valence-corrected chi connectivity index (χ3v) is 0. The van der Waals surface area contributed by atoms with Crippen molar-refractivity contribution in [2.24, 2.45) is 0 Å². The Labute approximate surface area is 98.0 Å². The van der Waals surface area contributed by atoms with Gasteiger partial charge in [0.1, 0.15) is 0 Å². The predicted octanol–water partition coefficient (Wildman–Crippen LogP) is -1.00. The van der Waals surface area contributed by atoms with Crippen LogP contribution in [0.5, 0.6) is 0 Å². The summed E-state index contributed by atoms with van der Waals surface area (Å²) in [6, 6.07) is 0. The van der Waals surface area contributed by atoms with Gasteiger partial charge in [0.15, 0.2) is 17.4 Å². The second-order valence-electron chi connectivity index (χ2n) is 0. The quantitative estimate of drug-likeness (QED) is 0.446. The summed E-state index contributed by atoms with van der Waals surface area (Å²) in [6.07, 6.45) is 0. The summed E-state index contributed by atoms with van der Waals surface area (Å²) in [5.74, 6) is 0. The van der Waals surface area contributed by atoms with Gasteiger partial charge in [0, 0.05) is 47.9 Å². The van der Waals surface area contributed by atoms with E-state index in [1.54, 1.807) is 0 Å². The van der Waals surface area contributed by atoms with Crippen LogP contribution in [-0.4, -0.2) is 22.8 Å².